The molecule has 7 nitrogen and oxygen atoms in total. The molecule has 1 amide bonds. The van der Waals surface area contributed by atoms with Crippen molar-refractivity contribution in [1.29, 1.82) is 0 Å². The maximum atomic E-state index is 13.0. The Kier molecular flexibility index (Phi) is 7.44. The van der Waals surface area contributed by atoms with E-state index in [2.05, 4.69) is 23.5 Å². The Morgan fingerprint density at radius 1 is 1.16 bits per heavy atom. The molecule has 1 aromatic heterocycles. The molecule has 0 unspecified atom stereocenters. The third kappa shape index (κ3) is 5.42. The predicted octanol–water partition coefficient (Wildman–Crippen LogP) is 4.70. The molecule has 0 radical (unpaired) electrons. The van der Waals surface area contributed by atoms with Crippen molar-refractivity contribution in [2.24, 2.45) is 0 Å². The van der Waals surface area contributed by atoms with Crippen molar-refractivity contribution in [3.05, 3.63) is 73.3 Å². The molecule has 1 N–H and O–H groups in total. The van der Waals surface area contributed by atoms with Crippen molar-refractivity contribution in [2.75, 3.05) is 18.4 Å². The molecule has 3 aromatic rings. The van der Waals surface area contributed by atoms with E-state index in [-0.39, 0.29) is 30.0 Å². The molecular formula is C23H25N3O4S2. The number of ether oxygens (including phenoxy) is 1. The molecule has 1 heterocycles. The Balaban J connectivity index is 1.80. The van der Waals surface area contributed by atoms with E-state index in [0.29, 0.717) is 26.7 Å². The van der Waals surface area contributed by atoms with Crippen molar-refractivity contribution in [2.45, 2.75) is 24.8 Å². The first-order chi connectivity index (χ1) is 15.2. The molecule has 3 rings (SSSR count). The average Bonchev–Trinajstić information content (AvgIpc) is 3.15. The molecule has 32 heavy (non-hydrogen) atoms. The number of sulfonamides is 1. The SMILES string of the molecule is C=CCN(CC=C)S(=O)(=O)c1ccc2nc(NC(=O)c3ccc(OC(C)C)cc3)sc2c1. The summed E-state index contributed by atoms with van der Waals surface area (Å²) in [6.07, 6.45) is 3.11. The highest BCUT2D eigenvalue weighted by Crippen LogP contribution is 2.29. The van der Waals surface area contributed by atoms with E-state index in [1.165, 1.54) is 33.9 Å². The summed E-state index contributed by atoms with van der Waals surface area (Å²) < 4.78 is 33.4. The van der Waals surface area contributed by atoms with Gasteiger partial charge in [-0.25, -0.2) is 13.4 Å². The van der Waals surface area contributed by atoms with Crippen LogP contribution >= 0.6 is 11.3 Å². The van der Waals surface area contributed by atoms with Crippen LogP contribution in [0.1, 0.15) is 24.2 Å². The average molecular weight is 472 g/mol. The van der Waals surface area contributed by atoms with Crippen molar-refractivity contribution >= 4 is 42.6 Å². The number of amides is 1. The van der Waals surface area contributed by atoms with Crippen LogP contribution in [0.15, 0.2) is 72.7 Å². The van der Waals surface area contributed by atoms with E-state index >= 15 is 0 Å². The second kappa shape index (κ2) is 10.1. The second-order valence-corrected chi connectivity index (χ2v) is 10.2. The van der Waals surface area contributed by atoms with Crippen LogP contribution in [-0.4, -0.2) is 42.8 Å². The zero-order valence-corrected chi connectivity index (χ0v) is 19.6. The number of aromatic nitrogens is 1. The molecule has 0 aliphatic rings. The lowest BCUT2D eigenvalue weighted by Crippen LogP contribution is -2.31. The number of rotatable bonds is 10. The Bertz CT molecular complexity index is 1220. The Morgan fingerprint density at radius 3 is 2.41 bits per heavy atom. The number of anilines is 1. The minimum absolute atomic E-state index is 0.0479. The number of hydrogen-bond acceptors (Lipinski definition) is 6. The number of benzene rings is 2. The normalized spacial score (nSPS) is 11.6. The first-order valence-corrected chi connectivity index (χ1v) is 12.2. The third-order valence-corrected chi connectivity index (χ3v) is 7.13. The summed E-state index contributed by atoms with van der Waals surface area (Å²) in [6.45, 7) is 11.5. The zero-order valence-electron chi connectivity index (χ0n) is 17.9. The van der Waals surface area contributed by atoms with Gasteiger partial charge in [0.2, 0.25) is 10.0 Å². The number of thiazole rings is 1. The van der Waals surface area contributed by atoms with Gasteiger partial charge in [-0.05, 0) is 56.3 Å². The molecule has 168 valence electrons. The maximum Gasteiger partial charge on any atom is 0.257 e. The Hall–Kier alpha value is -3.01. The maximum absolute atomic E-state index is 13.0. The van der Waals surface area contributed by atoms with Crippen molar-refractivity contribution in [1.82, 2.24) is 9.29 Å². The lowest BCUT2D eigenvalue weighted by Gasteiger charge is -2.18. The van der Waals surface area contributed by atoms with Gasteiger partial charge in [0.05, 0.1) is 21.2 Å². The van der Waals surface area contributed by atoms with Crippen LogP contribution in [0.3, 0.4) is 0 Å². The molecule has 9 heteroatoms. The lowest BCUT2D eigenvalue weighted by molar-refractivity contribution is 0.102. The largest absolute Gasteiger partial charge is 0.491 e. The first kappa shape index (κ1) is 23.6. The summed E-state index contributed by atoms with van der Waals surface area (Å²) in [4.78, 5) is 17.1. The number of carbonyl (C=O) groups is 1. The number of fused-ring (bicyclic) bond motifs is 1. The van der Waals surface area contributed by atoms with Crippen molar-refractivity contribution in [3.63, 3.8) is 0 Å². The van der Waals surface area contributed by atoms with Crippen LogP contribution in [0.5, 0.6) is 5.75 Å². The van der Waals surface area contributed by atoms with Gasteiger partial charge in [-0.2, -0.15) is 4.31 Å². The van der Waals surface area contributed by atoms with Gasteiger partial charge in [0.25, 0.3) is 5.91 Å². The monoisotopic (exact) mass is 471 g/mol. The molecule has 0 atom stereocenters. The number of nitrogens with zero attached hydrogens (tertiary/aromatic N) is 2. The van der Waals surface area contributed by atoms with Gasteiger partial charge in [-0.1, -0.05) is 23.5 Å². The van der Waals surface area contributed by atoms with Gasteiger partial charge in [0, 0.05) is 18.7 Å². The van der Waals surface area contributed by atoms with Crippen molar-refractivity contribution < 1.29 is 17.9 Å². The smallest absolute Gasteiger partial charge is 0.257 e. The van der Waals surface area contributed by atoms with Crippen LogP contribution in [0.25, 0.3) is 10.2 Å². The number of nitrogens with one attached hydrogen (secondary N) is 1. The summed E-state index contributed by atoms with van der Waals surface area (Å²) in [7, 11) is -3.72. The van der Waals surface area contributed by atoms with Crippen LogP contribution in [-0.2, 0) is 10.0 Å². The summed E-state index contributed by atoms with van der Waals surface area (Å²) in [6, 6.07) is 11.5. The predicted molar refractivity (Wildman–Crippen MR) is 129 cm³/mol. The fraction of sp³-hybridized carbons (Fsp3) is 0.217. The third-order valence-electron chi connectivity index (χ3n) is 4.37. The van der Waals surface area contributed by atoms with Gasteiger partial charge in [0.15, 0.2) is 5.13 Å². The fourth-order valence-electron chi connectivity index (χ4n) is 2.95. The van der Waals surface area contributed by atoms with Crippen LogP contribution in [0, 0.1) is 0 Å². The molecule has 0 fully saturated rings. The summed E-state index contributed by atoms with van der Waals surface area (Å²) >= 11 is 1.21. The van der Waals surface area contributed by atoms with Crippen LogP contribution < -0.4 is 10.1 Å². The van der Waals surface area contributed by atoms with Gasteiger partial charge in [-0.15, -0.1) is 13.2 Å². The molecule has 0 aliphatic heterocycles. The topological polar surface area (TPSA) is 88.6 Å². The number of carbonyl (C=O) groups excluding carboxylic acids is 1. The highest BCUT2D eigenvalue weighted by atomic mass is 32.2. The van der Waals surface area contributed by atoms with E-state index in [0.717, 1.165) is 0 Å². The van der Waals surface area contributed by atoms with E-state index < -0.39 is 10.0 Å². The van der Waals surface area contributed by atoms with E-state index in [1.807, 2.05) is 13.8 Å². The zero-order chi connectivity index (χ0) is 23.3. The fourth-order valence-corrected chi connectivity index (χ4v) is 5.34. The first-order valence-electron chi connectivity index (χ1n) is 9.95. The Morgan fingerprint density at radius 2 is 1.81 bits per heavy atom. The molecule has 0 saturated heterocycles. The van der Waals surface area contributed by atoms with E-state index in [9.17, 15) is 13.2 Å². The summed E-state index contributed by atoms with van der Waals surface area (Å²) in [5.41, 5.74) is 1.07. The van der Waals surface area contributed by atoms with Crippen LogP contribution in [0.4, 0.5) is 5.13 Å². The standard InChI is InChI=1S/C23H25N3O4S2/c1-5-13-26(14-6-2)32(28,29)19-11-12-20-21(15-19)31-23(24-20)25-22(27)17-7-9-18(10-8-17)30-16(3)4/h5-12,15-16H,1-2,13-14H2,3-4H3,(H,24,25,27). The molecule has 0 spiro atoms. The number of hydrogen-bond donors (Lipinski definition) is 1. The minimum Gasteiger partial charge on any atom is -0.491 e. The van der Waals surface area contributed by atoms with Crippen molar-refractivity contribution in [3.8, 4) is 5.75 Å². The van der Waals surface area contributed by atoms with E-state index in [1.54, 1.807) is 36.4 Å². The summed E-state index contributed by atoms with van der Waals surface area (Å²) in [5.74, 6) is 0.378. The molecule has 0 aliphatic carbocycles. The second-order valence-electron chi connectivity index (χ2n) is 7.19. The van der Waals surface area contributed by atoms with E-state index in [4.69, 9.17) is 4.74 Å². The quantitative estimate of drug-likeness (QED) is 0.433. The van der Waals surface area contributed by atoms with Gasteiger partial charge >= 0.3 is 0 Å². The molecule has 0 bridgehead atoms. The molecule has 2 aromatic carbocycles. The van der Waals surface area contributed by atoms with Crippen LogP contribution in [0.2, 0.25) is 0 Å². The highest BCUT2D eigenvalue weighted by molar-refractivity contribution is 7.89. The molecule has 0 saturated carbocycles. The highest BCUT2D eigenvalue weighted by Gasteiger charge is 2.23. The lowest BCUT2D eigenvalue weighted by atomic mass is 10.2. The summed E-state index contributed by atoms with van der Waals surface area (Å²) in [5, 5.41) is 3.16. The Labute approximate surface area is 192 Å². The van der Waals surface area contributed by atoms with Gasteiger partial charge in [0.1, 0.15) is 5.75 Å². The molecular weight excluding hydrogens is 446 g/mol. The van der Waals surface area contributed by atoms with Gasteiger partial charge in [-0.3, -0.25) is 10.1 Å². The van der Waals surface area contributed by atoms with Gasteiger partial charge < -0.3 is 4.74 Å². The minimum atomic E-state index is -3.72.